The summed E-state index contributed by atoms with van der Waals surface area (Å²) in [5.74, 6) is 0.467. The Morgan fingerprint density at radius 1 is 1.35 bits per heavy atom. The number of halogens is 2. The maximum absolute atomic E-state index is 13.8. The van der Waals surface area contributed by atoms with Crippen LogP contribution in [-0.4, -0.2) is 11.5 Å². The molecule has 0 aliphatic heterocycles. The molecule has 2 aromatic rings. The van der Waals surface area contributed by atoms with Crippen LogP contribution in [0.3, 0.4) is 0 Å². The molecule has 90 valence electrons. The standard InChI is InChI=1S/C13H14BrFN2/c1-3-4-16-13-8(2)5-9-6-10(14)7-11(15)12(9)17-13/h5-7H,3-4H2,1-2H3,(H,16,17). The topological polar surface area (TPSA) is 24.9 Å². The van der Waals surface area contributed by atoms with E-state index in [-0.39, 0.29) is 5.82 Å². The number of benzene rings is 1. The molecular formula is C13H14BrFN2. The maximum Gasteiger partial charge on any atom is 0.150 e. The lowest BCUT2D eigenvalue weighted by molar-refractivity contribution is 0.636. The summed E-state index contributed by atoms with van der Waals surface area (Å²) in [6.07, 6.45) is 1.02. The molecule has 0 spiro atoms. The van der Waals surface area contributed by atoms with Gasteiger partial charge in [-0.3, -0.25) is 0 Å². The highest BCUT2D eigenvalue weighted by Gasteiger charge is 2.08. The van der Waals surface area contributed by atoms with E-state index in [1.165, 1.54) is 6.07 Å². The van der Waals surface area contributed by atoms with E-state index in [1.54, 1.807) is 0 Å². The molecule has 2 rings (SSSR count). The number of nitrogens with one attached hydrogen (secondary N) is 1. The predicted molar refractivity (Wildman–Crippen MR) is 72.9 cm³/mol. The second kappa shape index (κ2) is 5.00. The van der Waals surface area contributed by atoms with Gasteiger partial charge in [0.2, 0.25) is 0 Å². The van der Waals surface area contributed by atoms with Gasteiger partial charge in [-0.1, -0.05) is 22.9 Å². The Labute approximate surface area is 108 Å². The second-order valence-corrected chi connectivity index (χ2v) is 4.96. The molecule has 0 radical (unpaired) electrons. The minimum Gasteiger partial charge on any atom is -0.370 e. The molecule has 0 saturated heterocycles. The molecule has 4 heteroatoms. The Kier molecular flexibility index (Phi) is 3.62. The first-order valence-corrected chi connectivity index (χ1v) is 6.41. The van der Waals surface area contributed by atoms with Gasteiger partial charge in [0.25, 0.3) is 0 Å². The first-order chi connectivity index (χ1) is 8.11. The van der Waals surface area contributed by atoms with Crippen molar-refractivity contribution in [1.82, 2.24) is 4.98 Å². The van der Waals surface area contributed by atoms with Crippen LogP contribution in [0.15, 0.2) is 22.7 Å². The minimum absolute atomic E-state index is 0.297. The Hall–Kier alpha value is -1.16. The van der Waals surface area contributed by atoms with E-state index < -0.39 is 0 Å². The average Bonchev–Trinajstić information content (AvgIpc) is 2.26. The highest BCUT2D eigenvalue weighted by atomic mass is 79.9. The van der Waals surface area contributed by atoms with Crippen molar-refractivity contribution in [1.29, 1.82) is 0 Å². The van der Waals surface area contributed by atoms with Crippen LogP contribution in [-0.2, 0) is 0 Å². The number of hydrogen-bond donors (Lipinski definition) is 1. The van der Waals surface area contributed by atoms with Crippen LogP contribution in [0.2, 0.25) is 0 Å². The van der Waals surface area contributed by atoms with Crippen molar-refractivity contribution >= 4 is 32.7 Å². The molecule has 0 bridgehead atoms. The third kappa shape index (κ3) is 2.57. The van der Waals surface area contributed by atoms with Gasteiger partial charge < -0.3 is 5.32 Å². The zero-order chi connectivity index (χ0) is 12.4. The molecule has 1 N–H and O–H groups in total. The number of nitrogens with zero attached hydrogens (tertiary/aromatic N) is 1. The molecule has 0 unspecified atom stereocenters. The number of pyridine rings is 1. The number of rotatable bonds is 3. The van der Waals surface area contributed by atoms with Crippen molar-refractivity contribution in [3.8, 4) is 0 Å². The lowest BCUT2D eigenvalue weighted by Gasteiger charge is -2.09. The maximum atomic E-state index is 13.8. The zero-order valence-electron chi connectivity index (χ0n) is 9.85. The van der Waals surface area contributed by atoms with Gasteiger partial charge >= 0.3 is 0 Å². The monoisotopic (exact) mass is 296 g/mol. The molecule has 0 saturated carbocycles. The third-order valence-electron chi connectivity index (χ3n) is 2.57. The summed E-state index contributed by atoms with van der Waals surface area (Å²) in [5, 5.41) is 4.02. The average molecular weight is 297 g/mol. The highest BCUT2D eigenvalue weighted by molar-refractivity contribution is 9.10. The Balaban J connectivity index is 2.55. The van der Waals surface area contributed by atoms with E-state index in [0.717, 1.165) is 34.2 Å². The molecule has 0 fully saturated rings. The largest absolute Gasteiger partial charge is 0.370 e. The molecule has 1 heterocycles. The van der Waals surface area contributed by atoms with E-state index in [0.29, 0.717) is 5.52 Å². The number of anilines is 1. The van der Waals surface area contributed by atoms with Crippen LogP contribution >= 0.6 is 15.9 Å². The fourth-order valence-corrected chi connectivity index (χ4v) is 2.19. The normalized spacial score (nSPS) is 10.8. The summed E-state index contributed by atoms with van der Waals surface area (Å²) in [6, 6.07) is 5.27. The van der Waals surface area contributed by atoms with Gasteiger partial charge in [-0.05, 0) is 37.1 Å². The van der Waals surface area contributed by atoms with Crippen LogP contribution in [0.1, 0.15) is 18.9 Å². The molecule has 0 atom stereocenters. The summed E-state index contributed by atoms with van der Waals surface area (Å²) in [6.45, 7) is 4.90. The summed E-state index contributed by atoms with van der Waals surface area (Å²) < 4.78 is 14.5. The molecule has 0 amide bonds. The van der Waals surface area contributed by atoms with Gasteiger partial charge in [0, 0.05) is 16.4 Å². The van der Waals surface area contributed by atoms with Crippen LogP contribution in [0, 0.1) is 12.7 Å². The van der Waals surface area contributed by atoms with Crippen LogP contribution in [0.25, 0.3) is 10.9 Å². The van der Waals surface area contributed by atoms with Gasteiger partial charge in [0.15, 0.2) is 5.82 Å². The van der Waals surface area contributed by atoms with E-state index in [1.807, 2.05) is 19.1 Å². The Morgan fingerprint density at radius 2 is 2.12 bits per heavy atom. The smallest absolute Gasteiger partial charge is 0.150 e. The van der Waals surface area contributed by atoms with Gasteiger partial charge in [0.05, 0.1) is 0 Å². The quantitative estimate of drug-likeness (QED) is 0.915. The molecule has 0 aliphatic carbocycles. The van der Waals surface area contributed by atoms with Gasteiger partial charge in [-0.25, -0.2) is 9.37 Å². The number of aromatic nitrogens is 1. The highest BCUT2D eigenvalue weighted by Crippen LogP contribution is 2.25. The fraction of sp³-hybridized carbons (Fsp3) is 0.308. The van der Waals surface area contributed by atoms with Crippen molar-refractivity contribution in [2.24, 2.45) is 0 Å². The summed E-state index contributed by atoms with van der Waals surface area (Å²) in [7, 11) is 0. The van der Waals surface area contributed by atoms with Crippen LogP contribution in [0.5, 0.6) is 0 Å². The third-order valence-corrected chi connectivity index (χ3v) is 3.03. The summed E-state index contributed by atoms with van der Waals surface area (Å²) in [5.41, 5.74) is 1.45. The molecule has 0 aliphatic rings. The fourth-order valence-electron chi connectivity index (χ4n) is 1.74. The van der Waals surface area contributed by atoms with Crippen LogP contribution < -0.4 is 5.32 Å². The SMILES string of the molecule is CCCNc1nc2c(F)cc(Br)cc2cc1C. The van der Waals surface area contributed by atoms with Gasteiger partial charge in [-0.15, -0.1) is 0 Å². The molecule has 1 aromatic carbocycles. The Morgan fingerprint density at radius 3 is 2.82 bits per heavy atom. The molecule has 17 heavy (non-hydrogen) atoms. The minimum atomic E-state index is -0.297. The second-order valence-electron chi connectivity index (χ2n) is 4.04. The van der Waals surface area contributed by atoms with Crippen molar-refractivity contribution in [3.05, 3.63) is 34.1 Å². The number of hydrogen-bond acceptors (Lipinski definition) is 2. The van der Waals surface area contributed by atoms with Crippen molar-refractivity contribution in [3.63, 3.8) is 0 Å². The first-order valence-electron chi connectivity index (χ1n) is 5.62. The van der Waals surface area contributed by atoms with Crippen molar-refractivity contribution in [2.45, 2.75) is 20.3 Å². The van der Waals surface area contributed by atoms with E-state index in [9.17, 15) is 4.39 Å². The lowest BCUT2D eigenvalue weighted by atomic mass is 10.1. The number of fused-ring (bicyclic) bond motifs is 1. The Bertz CT molecular complexity index is 555. The molecule has 2 nitrogen and oxygen atoms in total. The lowest BCUT2D eigenvalue weighted by Crippen LogP contribution is -2.04. The number of aryl methyl sites for hydroxylation is 1. The van der Waals surface area contributed by atoms with Crippen molar-refractivity contribution in [2.75, 3.05) is 11.9 Å². The summed E-state index contributed by atoms with van der Waals surface area (Å²) in [4.78, 5) is 4.35. The van der Waals surface area contributed by atoms with Crippen LogP contribution in [0.4, 0.5) is 10.2 Å². The zero-order valence-corrected chi connectivity index (χ0v) is 11.4. The molecule has 1 aromatic heterocycles. The first kappa shape index (κ1) is 12.3. The van der Waals surface area contributed by atoms with Gasteiger partial charge in [0.1, 0.15) is 11.3 Å². The van der Waals surface area contributed by atoms with E-state index in [4.69, 9.17) is 0 Å². The van der Waals surface area contributed by atoms with E-state index in [2.05, 4.69) is 33.2 Å². The summed E-state index contributed by atoms with van der Waals surface area (Å²) >= 11 is 3.28. The van der Waals surface area contributed by atoms with E-state index >= 15 is 0 Å². The van der Waals surface area contributed by atoms with Crippen molar-refractivity contribution < 1.29 is 4.39 Å². The molecular weight excluding hydrogens is 283 g/mol. The van der Waals surface area contributed by atoms with Gasteiger partial charge in [-0.2, -0.15) is 0 Å². The predicted octanol–water partition coefficient (Wildman–Crippen LogP) is 4.27.